The molecule has 31 heavy (non-hydrogen) atoms. The fourth-order valence-corrected chi connectivity index (χ4v) is 3.98. The van der Waals surface area contributed by atoms with Gasteiger partial charge in [0.2, 0.25) is 0 Å². The Hall–Kier alpha value is -3.89. The Labute approximate surface area is 180 Å². The molecular formula is C24H22N6O. The number of anilines is 3. The van der Waals surface area contributed by atoms with Gasteiger partial charge in [-0.05, 0) is 42.8 Å². The van der Waals surface area contributed by atoms with Gasteiger partial charge in [-0.3, -0.25) is 4.98 Å². The molecule has 1 saturated heterocycles. The Balaban J connectivity index is 1.52. The van der Waals surface area contributed by atoms with E-state index in [-0.39, 0.29) is 0 Å². The van der Waals surface area contributed by atoms with Gasteiger partial charge in [0.05, 0.1) is 24.5 Å². The molecule has 0 saturated carbocycles. The van der Waals surface area contributed by atoms with E-state index in [1.54, 1.807) is 12.4 Å². The van der Waals surface area contributed by atoms with Gasteiger partial charge in [0, 0.05) is 65.6 Å². The molecule has 0 atom stereocenters. The number of aromatic amines is 1. The molecule has 2 N–H and O–H groups in total. The maximum atomic E-state index is 9.72. The van der Waals surface area contributed by atoms with Gasteiger partial charge < -0.3 is 19.9 Å². The van der Waals surface area contributed by atoms with Gasteiger partial charge in [0.15, 0.2) is 0 Å². The average molecular weight is 410 g/mol. The van der Waals surface area contributed by atoms with Crippen LogP contribution in [-0.2, 0) is 4.74 Å². The third-order valence-electron chi connectivity index (χ3n) is 5.72. The van der Waals surface area contributed by atoms with Gasteiger partial charge in [0.25, 0.3) is 0 Å². The van der Waals surface area contributed by atoms with Crippen LogP contribution in [0.15, 0.2) is 55.1 Å². The van der Waals surface area contributed by atoms with E-state index in [9.17, 15) is 5.26 Å². The highest BCUT2D eigenvalue weighted by molar-refractivity contribution is 5.91. The molecule has 1 aliphatic heterocycles. The lowest BCUT2D eigenvalue weighted by molar-refractivity contribution is 0.122. The van der Waals surface area contributed by atoms with Crippen molar-refractivity contribution in [3.63, 3.8) is 0 Å². The standard InChI is InChI=1S/C24H22N6O/c1-16-19-6-7-27-22(19)4-3-21(16)29-24-18(12-25)13-26-15-20(24)17-2-5-23(28-14-17)30-8-10-31-11-9-30/h2-7,13-15,27H,8-11H2,1H3,(H,26,29). The number of H-pyrrole nitrogens is 1. The van der Waals surface area contributed by atoms with Gasteiger partial charge in [-0.25, -0.2) is 4.98 Å². The topological polar surface area (TPSA) is 89.9 Å². The molecule has 1 aliphatic rings. The zero-order chi connectivity index (χ0) is 21.2. The molecule has 0 amide bonds. The maximum absolute atomic E-state index is 9.72. The van der Waals surface area contributed by atoms with Gasteiger partial charge in [0.1, 0.15) is 11.9 Å². The number of aromatic nitrogens is 3. The minimum atomic E-state index is 0.489. The first-order chi connectivity index (χ1) is 15.2. The zero-order valence-corrected chi connectivity index (χ0v) is 17.2. The Bertz CT molecular complexity index is 1270. The van der Waals surface area contributed by atoms with Crippen LogP contribution in [0, 0.1) is 18.3 Å². The quantitative estimate of drug-likeness (QED) is 0.519. The number of nitriles is 1. The minimum absolute atomic E-state index is 0.489. The van der Waals surface area contributed by atoms with E-state index in [1.165, 1.54) is 0 Å². The average Bonchev–Trinajstić information content (AvgIpc) is 3.31. The molecule has 0 bridgehead atoms. The Morgan fingerprint density at radius 3 is 2.74 bits per heavy atom. The molecule has 0 aliphatic carbocycles. The summed E-state index contributed by atoms with van der Waals surface area (Å²) >= 11 is 0. The molecule has 0 unspecified atom stereocenters. The van der Waals surface area contributed by atoms with Crippen molar-refractivity contribution in [2.45, 2.75) is 6.92 Å². The summed E-state index contributed by atoms with van der Waals surface area (Å²) in [5, 5.41) is 14.4. The van der Waals surface area contributed by atoms with Crippen LogP contribution in [0.1, 0.15) is 11.1 Å². The number of hydrogen-bond donors (Lipinski definition) is 2. The first-order valence-corrected chi connectivity index (χ1v) is 10.3. The summed E-state index contributed by atoms with van der Waals surface area (Å²) in [6.07, 6.45) is 7.14. The normalized spacial score (nSPS) is 13.9. The lowest BCUT2D eigenvalue weighted by Gasteiger charge is -2.27. The summed E-state index contributed by atoms with van der Waals surface area (Å²) in [6, 6.07) is 12.4. The molecule has 0 radical (unpaired) electrons. The van der Waals surface area contributed by atoms with Crippen molar-refractivity contribution >= 4 is 28.1 Å². The van der Waals surface area contributed by atoms with Gasteiger partial charge in [-0.2, -0.15) is 5.26 Å². The lowest BCUT2D eigenvalue weighted by atomic mass is 10.0. The molecule has 1 fully saturated rings. The summed E-state index contributed by atoms with van der Waals surface area (Å²) in [6.45, 7) is 5.19. The molecule has 5 rings (SSSR count). The number of fused-ring (bicyclic) bond motifs is 1. The predicted octanol–water partition coefficient (Wildman–Crippen LogP) is 4.39. The Kier molecular flexibility index (Phi) is 4.98. The molecule has 7 heteroatoms. The Morgan fingerprint density at radius 2 is 1.97 bits per heavy atom. The fourth-order valence-electron chi connectivity index (χ4n) is 3.98. The summed E-state index contributed by atoms with van der Waals surface area (Å²) in [4.78, 5) is 14.4. The summed E-state index contributed by atoms with van der Waals surface area (Å²) in [7, 11) is 0. The number of rotatable bonds is 4. The van der Waals surface area contributed by atoms with Crippen molar-refractivity contribution in [2.24, 2.45) is 0 Å². The second-order valence-corrected chi connectivity index (χ2v) is 7.53. The van der Waals surface area contributed by atoms with E-state index < -0.39 is 0 Å². The van der Waals surface area contributed by atoms with Crippen LogP contribution in [-0.4, -0.2) is 41.3 Å². The number of pyridine rings is 2. The fraction of sp³-hybridized carbons (Fsp3) is 0.208. The molecule has 1 aromatic carbocycles. The van der Waals surface area contributed by atoms with Crippen LogP contribution in [0.4, 0.5) is 17.2 Å². The second kappa shape index (κ2) is 8.09. The Morgan fingerprint density at radius 1 is 1.10 bits per heavy atom. The summed E-state index contributed by atoms with van der Waals surface area (Å²) in [5.41, 5.74) is 6.12. The van der Waals surface area contributed by atoms with Crippen molar-refractivity contribution in [3.05, 3.63) is 66.2 Å². The smallest absolute Gasteiger partial charge is 0.128 e. The monoisotopic (exact) mass is 410 g/mol. The number of hydrogen-bond acceptors (Lipinski definition) is 6. The minimum Gasteiger partial charge on any atom is -0.378 e. The van der Waals surface area contributed by atoms with Gasteiger partial charge in [-0.1, -0.05) is 0 Å². The van der Waals surface area contributed by atoms with Crippen LogP contribution in [0.5, 0.6) is 0 Å². The van der Waals surface area contributed by atoms with Crippen molar-refractivity contribution in [3.8, 4) is 17.2 Å². The maximum Gasteiger partial charge on any atom is 0.128 e. The number of morpholine rings is 1. The first-order valence-electron chi connectivity index (χ1n) is 10.3. The van der Waals surface area contributed by atoms with Crippen LogP contribution in [0.2, 0.25) is 0 Å². The summed E-state index contributed by atoms with van der Waals surface area (Å²) < 4.78 is 5.42. The zero-order valence-electron chi connectivity index (χ0n) is 17.2. The van der Waals surface area contributed by atoms with Gasteiger partial charge >= 0.3 is 0 Å². The molecule has 3 aromatic heterocycles. The van der Waals surface area contributed by atoms with Crippen molar-refractivity contribution in [1.82, 2.24) is 15.0 Å². The van der Waals surface area contributed by atoms with E-state index in [2.05, 4.69) is 44.2 Å². The number of aryl methyl sites for hydroxylation is 1. The third-order valence-corrected chi connectivity index (χ3v) is 5.72. The summed E-state index contributed by atoms with van der Waals surface area (Å²) in [5.74, 6) is 0.930. The second-order valence-electron chi connectivity index (χ2n) is 7.53. The van der Waals surface area contributed by atoms with E-state index in [0.717, 1.165) is 71.1 Å². The van der Waals surface area contributed by atoms with Crippen LogP contribution in [0.25, 0.3) is 22.0 Å². The van der Waals surface area contributed by atoms with E-state index in [1.807, 2.05) is 36.7 Å². The van der Waals surface area contributed by atoms with E-state index in [4.69, 9.17) is 4.74 Å². The SMILES string of the molecule is Cc1c(Nc2c(C#N)cncc2-c2ccc(N3CCOCC3)nc2)ccc2[nH]ccc12. The van der Waals surface area contributed by atoms with E-state index >= 15 is 0 Å². The number of ether oxygens (including phenoxy) is 1. The number of benzene rings is 1. The van der Waals surface area contributed by atoms with Gasteiger partial charge in [-0.15, -0.1) is 0 Å². The van der Waals surface area contributed by atoms with Crippen molar-refractivity contribution in [2.75, 3.05) is 36.5 Å². The molecule has 4 aromatic rings. The highest BCUT2D eigenvalue weighted by Crippen LogP contribution is 2.35. The molecule has 154 valence electrons. The predicted molar refractivity (Wildman–Crippen MR) is 122 cm³/mol. The van der Waals surface area contributed by atoms with Crippen molar-refractivity contribution < 1.29 is 4.74 Å². The molecule has 4 heterocycles. The lowest BCUT2D eigenvalue weighted by Crippen LogP contribution is -2.36. The number of nitrogens with one attached hydrogen (secondary N) is 2. The van der Waals surface area contributed by atoms with Crippen LogP contribution < -0.4 is 10.2 Å². The van der Waals surface area contributed by atoms with Crippen LogP contribution >= 0.6 is 0 Å². The highest BCUT2D eigenvalue weighted by Gasteiger charge is 2.16. The first kappa shape index (κ1) is 19.1. The molecular weight excluding hydrogens is 388 g/mol. The number of nitrogens with zero attached hydrogens (tertiary/aromatic N) is 4. The van der Waals surface area contributed by atoms with Crippen molar-refractivity contribution in [1.29, 1.82) is 5.26 Å². The largest absolute Gasteiger partial charge is 0.378 e. The molecule has 7 nitrogen and oxygen atoms in total. The van der Waals surface area contributed by atoms with E-state index in [0.29, 0.717) is 5.56 Å². The molecule has 0 spiro atoms. The highest BCUT2D eigenvalue weighted by atomic mass is 16.5. The third kappa shape index (κ3) is 3.58. The van der Waals surface area contributed by atoms with Crippen LogP contribution in [0.3, 0.4) is 0 Å².